The Morgan fingerprint density at radius 3 is 2.00 bits per heavy atom. The van der Waals surface area contributed by atoms with Gasteiger partial charge in [-0.2, -0.15) is 13.2 Å². The molecule has 1 aliphatic rings. The van der Waals surface area contributed by atoms with E-state index < -0.39 is 29.6 Å². The van der Waals surface area contributed by atoms with Crippen molar-refractivity contribution >= 4 is 98.2 Å². The highest BCUT2D eigenvalue weighted by molar-refractivity contribution is 9.10. The predicted octanol–water partition coefficient (Wildman–Crippen LogP) is 8.21. The van der Waals surface area contributed by atoms with Gasteiger partial charge in [-0.05, 0) is 77.3 Å². The number of fused-ring (bicyclic) bond motifs is 2. The second-order valence-electron chi connectivity index (χ2n) is 10.2. The van der Waals surface area contributed by atoms with Gasteiger partial charge in [-0.1, -0.05) is 19.9 Å². The number of phenolic OH excluding ortho intramolecular Hbond substituents is 2. The third kappa shape index (κ3) is 8.79. The summed E-state index contributed by atoms with van der Waals surface area (Å²) >= 11 is 5.44. The van der Waals surface area contributed by atoms with Crippen LogP contribution in [0.3, 0.4) is 0 Å². The summed E-state index contributed by atoms with van der Waals surface area (Å²) in [5.41, 5.74) is 10.2. The van der Waals surface area contributed by atoms with Gasteiger partial charge in [0, 0.05) is 31.8 Å². The first kappa shape index (κ1) is 37.0. The van der Waals surface area contributed by atoms with Gasteiger partial charge in [0.2, 0.25) is 5.91 Å². The summed E-state index contributed by atoms with van der Waals surface area (Å²) in [6.07, 6.45) is -2.77. The van der Waals surface area contributed by atoms with Gasteiger partial charge in [-0.25, -0.2) is 4.79 Å². The maximum Gasteiger partial charge on any atom is 0.416 e. The molecule has 1 saturated carbocycles. The first-order valence-electron chi connectivity index (χ1n) is 14.5. The Morgan fingerprint density at radius 2 is 1.41 bits per heavy atom. The second-order valence-corrected chi connectivity index (χ2v) is 13.2. The summed E-state index contributed by atoms with van der Waals surface area (Å²) < 4.78 is 39.9. The highest BCUT2D eigenvalue weighted by Crippen LogP contribution is 2.42. The molecule has 49 heavy (non-hydrogen) atoms. The van der Waals surface area contributed by atoms with Crippen molar-refractivity contribution in [3.63, 3.8) is 0 Å². The molecule has 0 aliphatic heterocycles. The van der Waals surface area contributed by atoms with Crippen LogP contribution < -0.4 is 27.4 Å². The third-order valence-corrected chi connectivity index (χ3v) is 9.55. The number of primary amides is 2. The molecule has 11 nitrogen and oxygen atoms in total. The second kappa shape index (κ2) is 15.1. The Labute approximate surface area is 293 Å². The molecule has 5 aromatic rings. The van der Waals surface area contributed by atoms with Crippen molar-refractivity contribution in [2.45, 2.75) is 32.9 Å². The molecule has 0 radical (unpaired) electrons. The van der Waals surface area contributed by atoms with Gasteiger partial charge in [-0.3, -0.25) is 19.7 Å². The number of hydrogen-bond acceptors (Lipinski definition) is 8. The van der Waals surface area contributed by atoms with Crippen LogP contribution in [-0.4, -0.2) is 34.0 Å². The maximum atomic E-state index is 12.7. The SMILES string of the molecule is CC.NC(=O)c1c(NC(=O)C2CC2)sc2cc(O)c(Br)cc12.NC(=O)c1c(NC(=O)Nc2cccc(C(F)(F)F)c2)sc2cc(O)ccc12. The van der Waals surface area contributed by atoms with E-state index in [2.05, 4.69) is 31.9 Å². The minimum atomic E-state index is -4.54. The molecule has 258 valence electrons. The normalized spacial score (nSPS) is 12.3. The van der Waals surface area contributed by atoms with E-state index >= 15 is 0 Å². The largest absolute Gasteiger partial charge is 0.508 e. The molecular weight excluding hydrogens is 751 g/mol. The fraction of sp³-hybridized carbons (Fsp3) is 0.188. The van der Waals surface area contributed by atoms with Crippen LogP contribution in [0.1, 0.15) is 53.0 Å². The van der Waals surface area contributed by atoms with Crippen molar-refractivity contribution < 1.29 is 42.6 Å². The van der Waals surface area contributed by atoms with Crippen LogP contribution in [0.4, 0.5) is 33.7 Å². The fourth-order valence-corrected chi connectivity index (χ4v) is 7.06. The molecule has 9 N–H and O–H groups in total. The summed E-state index contributed by atoms with van der Waals surface area (Å²) in [4.78, 5) is 47.4. The van der Waals surface area contributed by atoms with Crippen molar-refractivity contribution in [1.82, 2.24) is 0 Å². The Hall–Kier alpha value is -4.87. The third-order valence-electron chi connectivity index (χ3n) is 6.78. The zero-order valence-electron chi connectivity index (χ0n) is 25.7. The molecule has 1 fully saturated rings. The average molecular weight is 781 g/mol. The number of aromatic hydroxyl groups is 2. The number of carbonyl (C=O) groups is 4. The lowest BCUT2D eigenvalue weighted by Gasteiger charge is -2.10. The number of benzene rings is 3. The van der Waals surface area contributed by atoms with Crippen LogP contribution in [0.2, 0.25) is 0 Å². The topological polar surface area (TPSA) is 197 Å². The maximum absolute atomic E-state index is 12.7. The zero-order chi connectivity index (χ0) is 36.2. The minimum Gasteiger partial charge on any atom is -0.508 e. The van der Waals surface area contributed by atoms with Crippen molar-refractivity contribution in [2.24, 2.45) is 17.4 Å². The van der Waals surface area contributed by atoms with Crippen LogP contribution >= 0.6 is 38.6 Å². The van der Waals surface area contributed by atoms with Crippen LogP contribution in [0.15, 0.2) is 59.1 Å². The number of phenols is 2. The van der Waals surface area contributed by atoms with E-state index in [-0.39, 0.29) is 39.6 Å². The number of amides is 5. The summed E-state index contributed by atoms with van der Waals surface area (Å²) in [5, 5.41) is 28.3. The Balaban J connectivity index is 0.000000218. The van der Waals surface area contributed by atoms with Gasteiger partial charge in [0.25, 0.3) is 11.8 Å². The molecule has 17 heteroatoms. The van der Waals surface area contributed by atoms with Crippen LogP contribution in [0.25, 0.3) is 20.2 Å². The standard InChI is InChI=1S/C17H12F3N3O3S.C13H11BrN2O3S.C2H6/c18-17(19,20)8-2-1-3-9(6-8)22-16(26)23-15-13(14(21)25)11-5-4-10(24)7-12(11)27-15;14-7-3-6-9(4-8(7)17)20-13(10(6)11(15)18)16-12(19)5-1-2-5;1-2/h1-7,24H,(H2,21,25)(H2,22,23,26);3-5,17H,1-2H2,(H2,15,18)(H,16,19);1-2H3. The Kier molecular flexibility index (Phi) is 11.4. The highest BCUT2D eigenvalue weighted by Gasteiger charge is 2.32. The number of anilines is 3. The number of hydrogen-bond donors (Lipinski definition) is 7. The van der Waals surface area contributed by atoms with Gasteiger partial charge in [0.05, 0.1) is 21.2 Å². The minimum absolute atomic E-state index is 0.0280. The number of rotatable bonds is 6. The zero-order valence-corrected chi connectivity index (χ0v) is 28.9. The summed E-state index contributed by atoms with van der Waals surface area (Å²) in [6.45, 7) is 4.00. The van der Waals surface area contributed by atoms with Gasteiger partial charge < -0.3 is 32.3 Å². The number of urea groups is 1. The van der Waals surface area contributed by atoms with Crippen molar-refractivity contribution in [3.05, 3.63) is 75.8 Å². The Morgan fingerprint density at radius 1 is 0.816 bits per heavy atom. The molecule has 0 bridgehead atoms. The van der Waals surface area contributed by atoms with Crippen molar-refractivity contribution in [1.29, 1.82) is 0 Å². The lowest BCUT2D eigenvalue weighted by Crippen LogP contribution is -2.21. The van der Waals surface area contributed by atoms with E-state index in [0.29, 0.717) is 35.2 Å². The molecular formula is C32H29BrF3N5O6S2. The molecule has 0 spiro atoms. The number of alkyl halides is 3. The molecule has 0 atom stereocenters. The molecule has 3 aromatic carbocycles. The smallest absolute Gasteiger partial charge is 0.416 e. The molecule has 1 aliphatic carbocycles. The number of halogens is 4. The van der Waals surface area contributed by atoms with Crippen LogP contribution in [-0.2, 0) is 11.0 Å². The molecule has 6 rings (SSSR count). The molecule has 2 heterocycles. The quantitative estimate of drug-likeness (QED) is 0.0906. The monoisotopic (exact) mass is 779 g/mol. The van der Waals surface area contributed by atoms with Crippen molar-refractivity contribution in [3.8, 4) is 11.5 Å². The molecule has 2 aromatic heterocycles. The molecule has 0 unspecified atom stereocenters. The number of nitrogens with one attached hydrogen (secondary N) is 3. The van der Waals surface area contributed by atoms with Gasteiger partial charge in [0.1, 0.15) is 21.5 Å². The lowest BCUT2D eigenvalue weighted by molar-refractivity contribution is -0.137. The number of nitrogens with two attached hydrogens (primary N) is 2. The average Bonchev–Trinajstić information content (AvgIpc) is 3.74. The van der Waals surface area contributed by atoms with Crippen LogP contribution in [0, 0.1) is 5.92 Å². The van der Waals surface area contributed by atoms with Gasteiger partial charge in [-0.15, -0.1) is 22.7 Å². The number of thiophene rings is 2. The Bertz CT molecular complexity index is 2080. The van der Waals surface area contributed by atoms with E-state index in [1.54, 1.807) is 12.1 Å². The van der Waals surface area contributed by atoms with E-state index in [1.165, 1.54) is 35.6 Å². The van der Waals surface area contributed by atoms with Gasteiger partial charge >= 0.3 is 12.2 Å². The van der Waals surface area contributed by atoms with Crippen molar-refractivity contribution in [2.75, 3.05) is 16.0 Å². The van der Waals surface area contributed by atoms with E-state index in [9.17, 15) is 42.6 Å². The number of carbonyl (C=O) groups excluding carboxylic acids is 4. The fourth-order valence-electron chi connectivity index (χ4n) is 4.45. The highest BCUT2D eigenvalue weighted by atomic mass is 79.9. The summed E-state index contributed by atoms with van der Waals surface area (Å²) in [5.74, 6) is -1.38. The first-order valence-corrected chi connectivity index (χ1v) is 16.9. The van der Waals surface area contributed by atoms with E-state index in [1.807, 2.05) is 13.8 Å². The lowest BCUT2D eigenvalue weighted by atomic mass is 10.1. The summed E-state index contributed by atoms with van der Waals surface area (Å²) in [6, 6.07) is 10.7. The summed E-state index contributed by atoms with van der Waals surface area (Å²) in [7, 11) is 0. The molecule has 0 saturated heterocycles. The van der Waals surface area contributed by atoms with E-state index in [4.69, 9.17) is 11.5 Å². The first-order chi connectivity index (χ1) is 23.1. The van der Waals surface area contributed by atoms with E-state index in [0.717, 1.165) is 42.4 Å². The predicted molar refractivity (Wildman–Crippen MR) is 189 cm³/mol. The van der Waals surface area contributed by atoms with Crippen LogP contribution in [0.5, 0.6) is 11.5 Å². The molecule has 5 amide bonds. The van der Waals surface area contributed by atoms with Gasteiger partial charge in [0.15, 0.2) is 0 Å².